The van der Waals surface area contributed by atoms with Gasteiger partial charge in [0.25, 0.3) is 5.69 Å². The van der Waals surface area contributed by atoms with Crippen LogP contribution in [0, 0.1) is 10.1 Å². The highest BCUT2D eigenvalue weighted by atomic mass is 35.5. The Kier molecular flexibility index (Phi) is 8.66. The number of nitrogens with one attached hydrogen (secondary N) is 1. The number of carbonyl (C=O) groups excluding carboxylic acids is 1. The van der Waals surface area contributed by atoms with E-state index in [1.54, 1.807) is 30.3 Å². The number of hydrogen-bond donors (Lipinski definition) is 1. The summed E-state index contributed by atoms with van der Waals surface area (Å²) in [5.41, 5.74) is 2.69. The van der Waals surface area contributed by atoms with Gasteiger partial charge in [-0.1, -0.05) is 11.6 Å². The van der Waals surface area contributed by atoms with Crippen LogP contribution in [-0.4, -0.2) is 60.1 Å². The lowest BCUT2D eigenvalue weighted by Crippen LogP contribution is -2.52. The smallest absolute Gasteiger partial charge is 0.292 e. The fourth-order valence-electron chi connectivity index (χ4n) is 5.01. The van der Waals surface area contributed by atoms with Crippen molar-refractivity contribution in [2.45, 2.75) is 19.3 Å². The molecule has 1 amide bonds. The number of nitro groups is 1. The van der Waals surface area contributed by atoms with Crippen LogP contribution in [0.5, 0.6) is 0 Å². The quantitative estimate of drug-likeness (QED) is 0.171. The second-order valence-corrected chi connectivity index (χ2v) is 10.6. The fourth-order valence-corrected chi connectivity index (χ4v) is 5.42. The Bertz CT molecular complexity index is 1410. The van der Waals surface area contributed by atoms with E-state index in [4.69, 9.17) is 28.2 Å². The van der Waals surface area contributed by atoms with E-state index in [1.807, 2.05) is 35.2 Å². The fraction of sp³-hybridized carbons (Fsp3) is 0.310. The van der Waals surface area contributed by atoms with Gasteiger partial charge < -0.3 is 19.1 Å². The van der Waals surface area contributed by atoms with Crippen LogP contribution < -0.4 is 15.1 Å². The van der Waals surface area contributed by atoms with E-state index >= 15 is 0 Å². The van der Waals surface area contributed by atoms with Crippen molar-refractivity contribution in [2.75, 3.05) is 49.1 Å². The van der Waals surface area contributed by atoms with E-state index in [2.05, 4.69) is 15.1 Å². The topological polar surface area (TPSA) is 95.1 Å². The molecule has 2 fully saturated rings. The maximum atomic E-state index is 12.5. The van der Waals surface area contributed by atoms with Gasteiger partial charge in [-0.2, -0.15) is 0 Å². The highest BCUT2D eigenvalue weighted by molar-refractivity contribution is 7.80. The summed E-state index contributed by atoms with van der Waals surface area (Å²) in [4.78, 5) is 30.1. The molecule has 5 rings (SSSR count). The number of piperidine rings is 1. The predicted octanol–water partition coefficient (Wildman–Crippen LogP) is 5.74. The van der Waals surface area contributed by atoms with Crippen LogP contribution in [0.2, 0.25) is 5.02 Å². The summed E-state index contributed by atoms with van der Waals surface area (Å²) in [7, 11) is 0. The van der Waals surface area contributed by atoms with Gasteiger partial charge in [0, 0.05) is 67.7 Å². The number of nitrogens with zero attached hydrogens (tertiary/aromatic N) is 4. The van der Waals surface area contributed by atoms with E-state index in [9.17, 15) is 14.9 Å². The van der Waals surface area contributed by atoms with Crippen LogP contribution in [0.25, 0.3) is 17.4 Å². The molecule has 40 heavy (non-hydrogen) atoms. The third kappa shape index (κ3) is 6.63. The second-order valence-electron chi connectivity index (χ2n) is 9.79. The molecule has 0 spiro atoms. The lowest BCUT2D eigenvalue weighted by atomic mass is 10.1. The Hall–Kier alpha value is -3.89. The number of amides is 1. The summed E-state index contributed by atoms with van der Waals surface area (Å²) in [6.07, 6.45) is 6.25. The average molecular weight is 580 g/mol. The van der Waals surface area contributed by atoms with E-state index in [0.717, 1.165) is 43.6 Å². The normalized spacial score (nSPS) is 15.9. The molecule has 2 aromatic carbocycles. The van der Waals surface area contributed by atoms with Crippen molar-refractivity contribution in [3.63, 3.8) is 0 Å². The number of hydrogen-bond acceptors (Lipinski definition) is 7. The minimum absolute atomic E-state index is 0.150. The zero-order valence-corrected chi connectivity index (χ0v) is 23.5. The molecule has 2 saturated heterocycles. The maximum Gasteiger partial charge on any atom is 0.292 e. The molecule has 9 nitrogen and oxygen atoms in total. The molecule has 1 aromatic heterocycles. The Labute approximate surface area is 243 Å². The van der Waals surface area contributed by atoms with Crippen LogP contribution in [-0.2, 0) is 4.79 Å². The average Bonchev–Trinajstić information content (AvgIpc) is 3.46. The van der Waals surface area contributed by atoms with Gasteiger partial charge in [-0.05, 0) is 86.1 Å². The molecule has 0 unspecified atom stereocenters. The number of furan rings is 1. The van der Waals surface area contributed by atoms with Crippen molar-refractivity contribution in [1.29, 1.82) is 0 Å². The second kappa shape index (κ2) is 12.5. The van der Waals surface area contributed by atoms with Gasteiger partial charge in [0.05, 0.1) is 4.92 Å². The van der Waals surface area contributed by atoms with Crippen molar-refractivity contribution in [3.05, 3.63) is 81.6 Å². The maximum absolute atomic E-state index is 12.5. The number of carbonyl (C=O) groups is 1. The van der Waals surface area contributed by atoms with Crippen molar-refractivity contribution < 1.29 is 14.1 Å². The number of nitro benzene ring substituents is 1. The monoisotopic (exact) mass is 579 g/mol. The molecule has 0 aliphatic carbocycles. The van der Waals surface area contributed by atoms with Crippen LogP contribution >= 0.6 is 23.8 Å². The zero-order chi connectivity index (χ0) is 28.1. The molecule has 2 aliphatic heterocycles. The largest absolute Gasteiger partial charge is 0.457 e. The van der Waals surface area contributed by atoms with Gasteiger partial charge in [0.1, 0.15) is 17.2 Å². The van der Waals surface area contributed by atoms with E-state index in [0.29, 0.717) is 53.5 Å². The lowest BCUT2D eigenvalue weighted by molar-refractivity contribution is -0.384. The van der Waals surface area contributed by atoms with Gasteiger partial charge in [0.2, 0.25) is 5.91 Å². The first-order valence-electron chi connectivity index (χ1n) is 13.3. The molecule has 0 atom stereocenters. The molecular weight excluding hydrogens is 550 g/mol. The lowest BCUT2D eigenvalue weighted by Gasteiger charge is -2.37. The Morgan fingerprint density at radius 2 is 1.68 bits per heavy atom. The number of rotatable bonds is 6. The number of anilines is 2. The molecule has 208 valence electrons. The van der Waals surface area contributed by atoms with Crippen molar-refractivity contribution >= 4 is 58.0 Å². The van der Waals surface area contributed by atoms with Crippen molar-refractivity contribution in [1.82, 2.24) is 10.2 Å². The highest BCUT2D eigenvalue weighted by Crippen LogP contribution is 2.34. The SMILES string of the molecule is O=C(C=Cc1ccc(-c2ccc(Cl)cc2)o1)NC(=S)N1CCN(c2ccc([N+](=O)[O-])c(N3CCCCC3)c2)CC1. The molecule has 0 saturated carbocycles. The van der Waals surface area contributed by atoms with Crippen LogP contribution in [0.1, 0.15) is 25.0 Å². The van der Waals surface area contributed by atoms with E-state index in [1.165, 1.54) is 6.08 Å². The third-order valence-corrected chi connectivity index (χ3v) is 7.78. The summed E-state index contributed by atoms with van der Waals surface area (Å²) in [6.45, 7) is 4.29. The van der Waals surface area contributed by atoms with Gasteiger partial charge in [-0.25, -0.2) is 0 Å². The Morgan fingerprint density at radius 3 is 2.38 bits per heavy atom. The molecular formula is C29H30ClN5O4S. The molecule has 11 heteroatoms. The number of halogens is 1. The first kappa shape index (κ1) is 27.7. The van der Waals surface area contributed by atoms with E-state index in [-0.39, 0.29) is 16.5 Å². The molecule has 2 aliphatic rings. The summed E-state index contributed by atoms with van der Waals surface area (Å²) in [5.74, 6) is 0.895. The van der Waals surface area contributed by atoms with Crippen LogP contribution in [0.4, 0.5) is 17.1 Å². The highest BCUT2D eigenvalue weighted by Gasteiger charge is 2.25. The van der Waals surface area contributed by atoms with E-state index < -0.39 is 0 Å². The summed E-state index contributed by atoms with van der Waals surface area (Å²) in [5, 5.41) is 15.4. The van der Waals surface area contributed by atoms with Gasteiger partial charge in [-0.3, -0.25) is 20.2 Å². The van der Waals surface area contributed by atoms with Gasteiger partial charge >= 0.3 is 0 Å². The molecule has 3 heterocycles. The van der Waals surface area contributed by atoms with Crippen molar-refractivity contribution in [3.8, 4) is 11.3 Å². The number of piperazine rings is 1. The third-order valence-electron chi connectivity index (χ3n) is 7.17. The molecule has 0 bridgehead atoms. The zero-order valence-electron chi connectivity index (χ0n) is 21.9. The first-order valence-corrected chi connectivity index (χ1v) is 14.1. The molecule has 0 radical (unpaired) electrons. The van der Waals surface area contributed by atoms with Gasteiger partial charge in [-0.15, -0.1) is 0 Å². The molecule has 3 aromatic rings. The Morgan fingerprint density at radius 1 is 0.950 bits per heavy atom. The standard InChI is InChI=1S/C29H30ClN5O4S/c30-22-6-4-21(5-7-22)27-12-9-24(39-27)10-13-28(36)31-29(40)34-18-16-32(17-19-34)23-8-11-25(35(37)38)26(20-23)33-14-2-1-3-15-33/h4-13,20H,1-3,14-19H2,(H,31,36,40). The minimum atomic E-state index is -0.335. The number of benzene rings is 2. The van der Waals surface area contributed by atoms with Gasteiger partial charge in [0.15, 0.2) is 5.11 Å². The first-order chi connectivity index (χ1) is 19.4. The summed E-state index contributed by atoms with van der Waals surface area (Å²) < 4.78 is 5.80. The molecule has 1 N–H and O–H groups in total. The minimum Gasteiger partial charge on any atom is -0.457 e. The summed E-state index contributed by atoms with van der Waals surface area (Å²) >= 11 is 11.4. The van der Waals surface area contributed by atoms with Crippen LogP contribution in [0.15, 0.2) is 65.1 Å². The predicted molar refractivity (Wildman–Crippen MR) is 162 cm³/mol. The Balaban J connectivity index is 1.14. The van der Waals surface area contributed by atoms with Crippen molar-refractivity contribution in [2.24, 2.45) is 0 Å². The number of thiocarbonyl (C=S) groups is 1. The van der Waals surface area contributed by atoms with Crippen LogP contribution in [0.3, 0.4) is 0 Å². The summed E-state index contributed by atoms with van der Waals surface area (Å²) in [6, 6.07) is 16.3.